The van der Waals surface area contributed by atoms with Crippen LogP contribution in [0.5, 0.6) is 0 Å². The number of rotatable bonds is 4. The van der Waals surface area contributed by atoms with Crippen LogP contribution in [0.2, 0.25) is 5.02 Å². The molecule has 0 heterocycles. The van der Waals surface area contributed by atoms with Gasteiger partial charge in [0.2, 0.25) is 0 Å². The first-order valence-electron chi connectivity index (χ1n) is 8.46. The largest absolute Gasteiger partial charge is 0.449 e. The number of esters is 1. The summed E-state index contributed by atoms with van der Waals surface area (Å²) in [5.41, 5.74) is 3.02. The van der Waals surface area contributed by atoms with E-state index in [0.717, 1.165) is 11.1 Å². The lowest BCUT2D eigenvalue weighted by Crippen LogP contribution is -2.30. The van der Waals surface area contributed by atoms with Crippen molar-refractivity contribution in [2.75, 3.05) is 5.32 Å². The molecule has 5 heteroatoms. The Morgan fingerprint density at radius 2 is 1.69 bits per heavy atom. The van der Waals surface area contributed by atoms with Gasteiger partial charge < -0.3 is 10.1 Å². The lowest BCUT2D eigenvalue weighted by Gasteiger charge is -2.19. The fourth-order valence-corrected chi connectivity index (χ4v) is 2.48. The van der Waals surface area contributed by atoms with Crippen molar-refractivity contribution in [3.63, 3.8) is 0 Å². The van der Waals surface area contributed by atoms with Crippen LogP contribution in [0, 0.1) is 6.92 Å². The number of carbonyl (C=O) groups excluding carboxylic acids is 2. The number of halogens is 1. The molecule has 1 atom stereocenters. The molecule has 0 fully saturated rings. The minimum atomic E-state index is -0.926. The molecular formula is C21H24ClNO3. The summed E-state index contributed by atoms with van der Waals surface area (Å²) < 4.78 is 5.27. The zero-order valence-electron chi connectivity index (χ0n) is 15.7. The summed E-state index contributed by atoms with van der Waals surface area (Å²) in [5, 5.41) is 3.26. The third kappa shape index (κ3) is 5.09. The summed E-state index contributed by atoms with van der Waals surface area (Å²) in [5.74, 6) is -0.945. The molecule has 2 aromatic rings. The van der Waals surface area contributed by atoms with Crippen molar-refractivity contribution in [1.82, 2.24) is 0 Å². The zero-order chi connectivity index (χ0) is 19.5. The Hall–Kier alpha value is -2.33. The predicted octanol–water partition coefficient (Wildman–Crippen LogP) is 5.13. The second kappa shape index (κ2) is 7.92. The third-order valence-electron chi connectivity index (χ3n) is 4.08. The van der Waals surface area contributed by atoms with Gasteiger partial charge in [-0.1, -0.05) is 50.6 Å². The molecule has 0 radical (unpaired) electrons. The van der Waals surface area contributed by atoms with Crippen LogP contribution in [-0.4, -0.2) is 18.0 Å². The van der Waals surface area contributed by atoms with Crippen LogP contribution in [0.3, 0.4) is 0 Å². The van der Waals surface area contributed by atoms with E-state index >= 15 is 0 Å². The van der Waals surface area contributed by atoms with Crippen molar-refractivity contribution in [2.24, 2.45) is 0 Å². The Bertz CT molecular complexity index is 807. The first kappa shape index (κ1) is 20.0. The van der Waals surface area contributed by atoms with E-state index in [1.807, 2.05) is 25.1 Å². The number of aryl methyl sites for hydroxylation is 1. The topological polar surface area (TPSA) is 55.4 Å². The van der Waals surface area contributed by atoms with Gasteiger partial charge in [-0.25, -0.2) is 4.79 Å². The third-order valence-corrected chi connectivity index (χ3v) is 4.49. The molecule has 0 saturated carbocycles. The van der Waals surface area contributed by atoms with E-state index in [1.54, 1.807) is 24.3 Å². The van der Waals surface area contributed by atoms with Gasteiger partial charge in [-0.05, 0) is 54.7 Å². The minimum Gasteiger partial charge on any atom is -0.449 e. The number of ether oxygens (including phenoxy) is 1. The van der Waals surface area contributed by atoms with E-state index < -0.39 is 18.0 Å². The summed E-state index contributed by atoms with van der Waals surface area (Å²) >= 11 is 6.05. The van der Waals surface area contributed by atoms with Crippen LogP contribution in [0.15, 0.2) is 42.5 Å². The Labute approximate surface area is 159 Å². The van der Waals surface area contributed by atoms with Crippen molar-refractivity contribution in [1.29, 1.82) is 0 Å². The van der Waals surface area contributed by atoms with Crippen molar-refractivity contribution >= 4 is 29.2 Å². The average molecular weight is 374 g/mol. The lowest BCUT2D eigenvalue weighted by atomic mass is 9.87. The van der Waals surface area contributed by atoms with Crippen LogP contribution < -0.4 is 5.32 Å². The van der Waals surface area contributed by atoms with E-state index in [1.165, 1.54) is 6.92 Å². The number of hydrogen-bond donors (Lipinski definition) is 1. The highest BCUT2D eigenvalue weighted by atomic mass is 35.5. The molecule has 0 saturated heterocycles. The standard InChI is InChI=1S/C21H24ClNO3/c1-13-6-11-17(12-18(13)22)23-19(24)14(2)26-20(25)15-7-9-16(10-8-15)21(3,4)5/h6-12,14H,1-5H3,(H,23,24)/t14-/m1/s1. The minimum absolute atomic E-state index is 0.00489. The normalized spacial score (nSPS) is 12.4. The molecular weight excluding hydrogens is 350 g/mol. The summed E-state index contributed by atoms with van der Waals surface area (Å²) in [6.07, 6.45) is -0.926. The maximum absolute atomic E-state index is 12.2. The molecule has 1 amide bonds. The average Bonchev–Trinajstić information content (AvgIpc) is 2.57. The van der Waals surface area contributed by atoms with Crippen LogP contribution in [0.4, 0.5) is 5.69 Å². The fourth-order valence-electron chi connectivity index (χ4n) is 2.30. The van der Waals surface area contributed by atoms with E-state index in [-0.39, 0.29) is 5.41 Å². The van der Waals surface area contributed by atoms with Crippen molar-refractivity contribution in [3.05, 3.63) is 64.2 Å². The zero-order valence-corrected chi connectivity index (χ0v) is 16.5. The molecule has 2 aromatic carbocycles. The number of anilines is 1. The Balaban J connectivity index is 1.99. The number of benzene rings is 2. The van der Waals surface area contributed by atoms with Gasteiger partial charge in [-0.2, -0.15) is 0 Å². The quantitative estimate of drug-likeness (QED) is 0.756. The molecule has 0 spiro atoms. The molecule has 0 aromatic heterocycles. The second-order valence-corrected chi connectivity index (χ2v) is 7.74. The summed E-state index contributed by atoms with van der Waals surface area (Å²) in [6.45, 7) is 9.72. The van der Waals surface area contributed by atoms with E-state index in [9.17, 15) is 9.59 Å². The highest BCUT2D eigenvalue weighted by Gasteiger charge is 2.20. The van der Waals surface area contributed by atoms with Gasteiger partial charge in [0.05, 0.1) is 5.56 Å². The van der Waals surface area contributed by atoms with Gasteiger partial charge in [-0.3, -0.25) is 4.79 Å². The van der Waals surface area contributed by atoms with Gasteiger partial charge in [0.25, 0.3) is 5.91 Å². The smallest absolute Gasteiger partial charge is 0.338 e. The lowest BCUT2D eigenvalue weighted by molar-refractivity contribution is -0.123. The summed E-state index contributed by atoms with van der Waals surface area (Å²) in [4.78, 5) is 24.5. The molecule has 0 bridgehead atoms. The molecule has 1 N–H and O–H groups in total. The van der Waals surface area contributed by atoms with Crippen molar-refractivity contribution < 1.29 is 14.3 Å². The maximum Gasteiger partial charge on any atom is 0.338 e. The molecule has 26 heavy (non-hydrogen) atoms. The Morgan fingerprint density at radius 1 is 1.08 bits per heavy atom. The first-order valence-corrected chi connectivity index (χ1v) is 8.84. The van der Waals surface area contributed by atoms with Crippen LogP contribution in [0.1, 0.15) is 49.2 Å². The van der Waals surface area contributed by atoms with E-state index in [0.29, 0.717) is 16.3 Å². The van der Waals surface area contributed by atoms with E-state index in [2.05, 4.69) is 26.1 Å². The number of carbonyl (C=O) groups is 2. The van der Waals surface area contributed by atoms with Gasteiger partial charge in [0, 0.05) is 10.7 Å². The second-order valence-electron chi connectivity index (χ2n) is 7.33. The van der Waals surface area contributed by atoms with E-state index in [4.69, 9.17) is 16.3 Å². The molecule has 4 nitrogen and oxygen atoms in total. The van der Waals surface area contributed by atoms with Gasteiger partial charge in [0.15, 0.2) is 6.10 Å². The summed E-state index contributed by atoms with van der Waals surface area (Å²) in [6, 6.07) is 12.4. The van der Waals surface area contributed by atoms with Crippen LogP contribution in [-0.2, 0) is 14.9 Å². The van der Waals surface area contributed by atoms with Gasteiger partial charge in [-0.15, -0.1) is 0 Å². The van der Waals surface area contributed by atoms with Crippen molar-refractivity contribution in [3.8, 4) is 0 Å². The SMILES string of the molecule is Cc1ccc(NC(=O)[C@@H](C)OC(=O)c2ccc(C(C)(C)C)cc2)cc1Cl. The van der Waals surface area contributed by atoms with Gasteiger partial charge >= 0.3 is 5.97 Å². The molecule has 138 valence electrons. The van der Waals surface area contributed by atoms with Crippen LogP contribution in [0.25, 0.3) is 0 Å². The highest BCUT2D eigenvalue weighted by molar-refractivity contribution is 6.31. The maximum atomic E-state index is 12.2. The molecule has 0 aliphatic rings. The monoisotopic (exact) mass is 373 g/mol. The molecule has 0 unspecified atom stereocenters. The molecule has 0 aliphatic carbocycles. The molecule has 2 rings (SSSR count). The summed E-state index contributed by atoms with van der Waals surface area (Å²) in [7, 11) is 0. The number of hydrogen-bond acceptors (Lipinski definition) is 3. The molecule has 0 aliphatic heterocycles. The number of amides is 1. The first-order chi connectivity index (χ1) is 12.1. The van der Waals surface area contributed by atoms with Gasteiger partial charge in [0.1, 0.15) is 0 Å². The highest BCUT2D eigenvalue weighted by Crippen LogP contribution is 2.23. The predicted molar refractivity (Wildman–Crippen MR) is 105 cm³/mol. The Kier molecular flexibility index (Phi) is 6.09. The van der Waals surface area contributed by atoms with Crippen molar-refractivity contribution in [2.45, 2.75) is 46.1 Å². The Morgan fingerprint density at radius 3 is 2.23 bits per heavy atom. The number of nitrogens with one attached hydrogen (secondary N) is 1. The fraction of sp³-hybridized carbons (Fsp3) is 0.333. The van der Waals surface area contributed by atoms with Crippen LogP contribution >= 0.6 is 11.6 Å².